The van der Waals surface area contributed by atoms with Gasteiger partial charge in [-0.3, -0.25) is 9.79 Å². The molecule has 8 nitrogen and oxygen atoms in total. The van der Waals surface area contributed by atoms with Crippen molar-refractivity contribution in [3.05, 3.63) is 46.7 Å². The summed E-state index contributed by atoms with van der Waals surface area (Å²) in [6, 6.07) is 0. The van der Waals surface area contributed by atoms with Crippen LogP contribution >= 0.6 is 11.6 Å². The molecule has 0 saturated carbocycles. The third kappa shape index (κ3) is 4.74. The summed E-state index contributed by atoms with van der Waals surface area (Å²) < 4.78 is 44.3. The Kier molecular flexibility index (Phi) is 6.52. The molecule has 0 aliphatic heterocycles. The van der Waals surface area contributed by atoms with Crippen LogP contribution in [0.2, 0.25) is 5.15 Å². The number of hydrogen-bond acceptors (Lipinski definition) is 7. The van der Waals surface area contributed by atoms with Crippen LogP contribution in [0, 0.1) is 0 Å². The molecule has 0 fully saturated rings. The largest absolute Gasteiger partial charge is 0.443 e. The van der Waals surface area contributed by atoms with Gasteiger partial charge in [0.05, 0.1) is 24.0 Å². The summed E-state index contributed by atoms with van der Waals surface area (Å²) in [7, 11) is 0. The SMILES string of the molecule is C=N/C(CNC(=O)c1nc(Cl)c(-c2ncco2)nc1N)=C(\C=C/C)C(F)(F)F. The molecule has 2 heterocycles. The van der Waals surface area contributed by atoms with Crippen molar-refractivity contribution in [3.63, 3.8) is 0 Å². The molecule has 2 aromatic rings. The molecule has 0 radical (unpaired) electrons. The molecule has 0 aromatic carbocycles. The van der Waals surface area contributed by atoms with E-state index >= 15 is 0 Å². The fourth-order valence-corrected chi connectivity index (χ4v) is 2.28. The van der Waals surface area contributed by atoms with Gasteiger partial charge in [-0.05, 0) is 13.6 Å². The Balaban J connectivity index is 2.27. The van der Waals surface area contributed by atoms with E-state index in [9.17, 15) is 18.0 Å². The maximum atomic E-state index is 13.1. The number of aliphatic imine (C=N–C) groups is 1. The summed E-state index contributed by atoms with van der Waals surface area (Å²) in [5, 5.41) is 2.02. The van der Waals surface area contributed by atoms with Crippen LogP contribution in [0.3, 0.4) is 0 Å². The van der Waals surface area contributed by atoms with E-state index in [4.69, 9.17) is 21.8 Å². The number of hydrogen-bond donors (Lipinski definition) is 2. The van der Waals surface area contributed by atoms with Gasteiger partial charge in [-0.25, -0.2) is 15.0 Å². The number of amides is 1. The zero-order valence-electron chi connectivity index (χ0n) is 14.4. The Hall–Kier alpha value is -3.21. The van der Waals surface area contributed by atoms with E-state index in [-0.39, 0.29) is 28.2 Å². The predicted molar refractivity (Wildman–Crippen MR) is 96.7 cm³/mol. The molecule has 2 aromatic heterocycles. The van der Waals surface area contributed by atoms with E-state index in [1.807, 2.05) is 0 Å². The number of nitrogen functional groups attached to an aromatic ring is 1. The molecule has 0 aliphatic rings. The third-order valence-corrected chi connectivity index (χ3v) is 3.55. The van der Waals surface area contributed by atoms with Crippen LogP contribution in [0.25, 0.3) is 11.6 Å². The van der Waals surface area contributed by atoms with E-state index < -0.39 is 29.9 Å². The molecule has 0 saturated heterocycles. The first kappa shape index (κ1) is 21.1. The Labute approximate surface area is 162 Å². The van der Waals surface area contributed by atoms with Crippen molar-refractivity contribution < 1.29 is 22.4 Å². The average Bonchev–Trinajstić information content (AvgIpc) is 3.16. The van der Waals surface area contributed by atoms with E-state index in [0.717, 1.165) is 6.08 Å². The van der Waals surface area contributed by atoms with Gasteiger partial charge in [-0.2, -0.15) is 13.2 Å². The van der Waals surface area contributed by atoms with Crippen LogP contribution in [0.4, 0.5) is 19.0 Å². The highest BCUT2D eigenvalue weighted by molar-refractivity contribution is 6.31. The topological polar surface area (TPSA) is 119 Å². The number of halogens is 4. The standard InChI is InChI=1S/C16H14ClF3N6O2/c1-3-4-8(16(18,19)20)9(22-2)7-24-14(27)11-13(21)26-10(12(17)25-11)15-23-5-6-28-15/h3-6H,2,7H2,1H3,(H2,21,26)(H,24,27)/b4-3-,9-8+. The number of carbonyl (C=O) groups excluding carboxylic acids is 1. The summed E-state index contributed by atoms with van der Waals surface area (Å²) in [4.78, 5) is 27.2. The highest BCUT2D eigenvalue weighted by Gasteiger charge is 2.34. The lowest BCUT2D eigenvalue weighted by Crippen LogP contribution is -2.29. The number of anilines is 1. The number of carbonyl (C=O) groups is 1. The number of allylic oxidation sites excluding steroid dienone is 3. The summed E-state index contributed by atoms with van der Waals surface area (Å²) in [5.41, 5.74) is 3.84. The molecule has 0 aliphatic carbocycles. The van der Waals surface area contributed by atoms with Crippen LogP contribution in [-0.4, -0.2) is 40.3 Å². The van der Waals surface area contributed by atoms with E-state index in [1.54, 1.807) is 0 Å². The van der Waals surface area contributed by atoms with Crippen molar-refractivity contribution in [1.29, 1.82) is 0 Å². The maximum Gasteiger partial charge on any atom is 0.418 e. The predicted octanol–water partition coefficient (Wildman–Crippen LogP) is 3.19. The molecule has 0 spiro atoms. The van der Waals surface area contributed by atoms with Crippen LogP contribution in [-0.2, 0) is 0 Å². The van der Waals surface area contributed by atoms with Gasteiger partial charge in [-0.15, -0.1) is 0 Å². The Morgan fingerprint density at radius 3 is 2.71 bits per heavy atom. The Bertz CT molecular complexity index is 939. The molecule has 28 heavy (non-hydrogen) atoms. The smallest absolute Gasteiger partial charge is 0.418 e. The van der Waals surface area contributed by atoms with Gasteiger partial charge in [0, 0.05) is 0 Å². The third-order valence-electron chi connectivity index (χ3n) is 3.29. The normalized spacial score (nSPS) is 12.8. The first-order valence-corrected chi connectivity index (χ1v) is 7.97. The number of alkyl halides is 3. The lowest BCUT2D eigenvalue weighted by molar-refractivity contribution is -0.0891. The highest BCUT2D eigenvalue weighted by atomic mass is 35.5. The summed E-state index contributed by atoms with van der Waals surface area (Å²) in [6.07, 6.45) is -0.0209. The molecule has 148 valence electrons. The molecular weight excluding hydrogens is 401 g/mol. The summed E-state index contributed by atoms with van der Waals surface area (Å²) in [5.74, 6) is -1.16. The fourth-order valence-electron chi connectivity index (χ4n) is 2.08. The average molecular weight is 415 g/mol. The van der Waals surface area contributed by atoms with Crippen LogP contribution in [0.15, 0.2) is 45.3 Å². The second-order valence-corrected chi connectivity index (χ2v) is 5.49. The Morgan fingerprint density at radius 1 is 1.46 bits per heavy atom. The molecule has 0 unspecified atom stereocenters. The molecule has 3 N–H and O–H groups in total. The minimum Gasteiger partial charge on any atom is -0.443 e. The van der Waals surface area contributed by atoms with E-state index in [2.05, 4.69) is 32.0 Å². The van der Waals surface area contributed by atoms with Crippen molar-refractivity contribution in [2.24, 2.45) is 4.99 Å². The Morgan fingerprint density at radius 2 is 2.18 bits per heavy atom. The van der Waals surface area contributed by atoms with Gasteiger partial charge in [-0.1, -0.05) is 23.8 Å². The molecule has 0 bridgehead atoms. The van der Waals surface area contributed by atoms with Gasteiger partial charge in [0.25, 0.3) is 5.91 Å². The van der Waals surface area contributed by atoms with Gasteiger partial charge in [0.15, 0.2) is 22.4 Å². The molecule has 1 amide bonds. The number of oxazole rings is 1. The summed E-state index contributed by atoms with van der Waals surface area (Å²) >= 11 is 5.97. The number of rotatable bonds is 6. The van der Waals surface area contributed by atoms with Crippen molar-refractivity contribution in [1.82, 2.24) is 20.3 Å². The molecule has 0 atom stereocenters. The van der Waals surface area contributed by atoms with Gasteiger partial charge >= 0.3 is 6.18 Å². The minimum absolute atomic E-state index is 0.0153. The number of nitrogens with zero attached hydrogens (tertiary/aromatic N) is 4. The molecular formula is C16H14ClF3N6O2. The first-order valence-electron chi connectivity index (χ1n) is 7.59. The maximum absolute atomic E-state index is 13.1. The summed E-state index contributed by atoms with van der Waals surface area (Å²) in [6.45, 7) is 3.96. The second-order valence-electron chi connectivity index (χ2n) is 5.13. The zero-order chi connectivity index (χ0) is 20.9. The second kappa shape index (κ2) is 8.65. The highest BCUT2D eigenvalue weighted by Crippen LogP contribution is 2.30. The quantitative estimate of drug-likeness (QED) is 0.553. The zero-order valence-corrected chi connectivity index (χ0v) is 15.2. The molecule has 2 rings (SSSR count). The number of nitrogens with one attached hydrogen (secondary N) is 1. The van der Waals surface area contributed by atoms with Crippen LogP contribution in [0.1, 0.15) is 17.4 Å². The van der Waals surface area contributed by atoms with Crippen LogP contribution in [0.5, 0.6) is 0 Å². The lowest BCUT2D eigenvalue weighted by Gasteiger charge is -2.13. The molecule has 12 heteroatoms. The van der Waals surface area contributed by atoms with Crippen molar-refractivity contribution >= 4 is 30.0 Å². The van der Waals surface area contributed by atoms with Gasteiger partial charge in [0.1, 0.15) is 6.26 Å². The van der Waals surface area contributed by atoms with Crippen LogP contribution < -0.4 is 11.1 Å². The minimum atomic E-state index is -4.67. The van der Waals surface area contributed by atoms with Crippen molar-refractivity contribution in [2.75, 3.05) is 12.3 Å². The number of nitrogens with two attached hydrogens (primary N) is 1. The van der Waals surface area contributed by atoms with Gasteiger partial charge in [0.2, 0.25) is 5.89 Å². The van der Waals surface area contributed by atoms with Crippen molar-refractivity contribution in [3.8, 4) is 11.6 Å². The lowest BCUT2D eigenvalue weighted by atomic mass is 10.1. The van der Waals surface area contributed by atoms with E-state index in [0.29, 0.717) is 0 Å². The van der Waals surface area contributed by atoms with Gasteiger partial charge < -0.3 is 15.5 Å². The fraction of sp³-hybridized carbons (Fsp3) is 0.188. The first-order chi connectivity index (χ1) is 13.2. The number of aromatic nitrogens is 3. The monoisotopic (exact) mass is 414 g/mol. The van der Waals surface area contributed by atoms with Crippen molar-refractivity contribution in [2.45, 2.75) is 13.1 Å². The van der Waals surface area contributed by atoms with E-state index in [1.165, 1.54) is 25.5 Å².